The first-order valence-electron chi connectivity index (χ1n) is 3.15. The van der Waals surface area contributed by atoms with Crippen molar-refractivity contribution in [1.82, 2.24) is 4.98 Å². The lowest BCUT2D eigenvalue weighted by molar-refractivity contribution is 0.110. The Morgan fingerprint density at radius 3 is 2.62 bits per heavy atom. The third kappa shape index (κ3) is 1.88. The molecule has 0 unspecified atom stereocenters. The highest BCUT2D eigenvalue weighted by molar-refractivity contribution is 9.10. The monoisotopic (exact) mass is 253 g/mol. The van der Waals surface area contributed by atoms with Gasteiger partial charge in [0.1, 0.15) is 5.69 Å². The van der Waals surface area contributed by atoms with Crippen LogP contribution in [0.25, 0.3) is 0 Å². The number of nitrogens with zero attached hydrogens (tertiary/aromatic N) is 1. The van der Waals surface area contributed by atoms with E-state index in [9.17, 15) is 18.0 Å². The van der Waals surface area contributed by atoms with E-state index in [0.717, 1.165) is 0 Å². The van der Waals surface area contributed by atoms with Crippen molar-refractivity contribution in [2.24, 2.45) is 0 Å². The van der Waals surface area contributed by atoms with E-state index in [0.29, 0.717) is 6.20 Å². The van der Waals surface area contributed by atoms with Gasteiger partial charge < -0.3 is 0 Å². The molecule has 0 aliphatic carbocycles. The zero-order valence-electron chi connectivity index (χ0n) is 6.10. The van der Waals surface area contributed by atoms with Crippen LogP contribution in [0.4, 0.5) is 13.2 Å². The maximum Gasteiger partial charge on any atom is 0.267 e. The Morgan fingerprint density at radius 1 is 1.54 bits per heavy atom. The summed E-state index contributed by atoms with van der Waals surface area (Å²) < 4.78 is 36.8. The summed E-state index contributed by atoms with van der Waals surface area (Å²) in [6.45, 7) is 0. The standard InChI is InChI=1S/C7H3BrF3NO/c8-6-3(9)1-12-4(2-13)5(6)7(10)11/h1-2,7H. The number of hydrogen-bond donors (Lipinski definition) is 0. The Bertz CT molecular complexity index is 343. The van der Waals surface area contributed by atoms with Crippen molar-refractivity contribution < 1.29 is 18.0 Å². The van der Waals surface area contributed by atoms with Gasteiger partial charge in [-0.25, -0.2) is 18.2 Å². The highest BCUT2D eigenvalue weighted by atomic mass is 79.9. The number of carbonyl (C=O) groups is 1. The number of aldehydes is 1. The number of alkyl halides is 2. The predicted molar refractivity (Wildman–Crippen MR) is 42.2 cm³/mol. The Morgan fingerprint density at radius 2 is 2.15 bits per heavy atom. The molecule has 1 aromatic rings. The van der Waals surface area contributed by atoms with Gasteiger partial charge >= 0.3 is 0 Å². The molecule has 0 N–H and O–H groups in total. The van der Waals surface area contributed by atoms with Gasteiger partial charge in [0.05, 0.1) is 16.2 Å². The van der Waals surface area contributed by atoms with Gasteiger partial charge in [0.2, 0.25) is 0 Å². The summed E-state index contributed by atoms with van der Waals surface area (Å²) in [6, 6.07) is 0. The zero-order chi connectivity index (χ0) is 10.0. The Labute approximate surface area is 79.9 Å². The number of aromatic nitrogens is 1. The van der Waals surface area contributed by atoms with Gasteiger partial charge in [-0.05, 0) is 15.9 Å². The van der Waals surface area contributed by atoms with Gasteiger partial charge in [-0.15, -0.1) is 0 Å². The van der Waals surface area contributed by atoms with Crippen molar-refractivity contribution >= 4 is 22.2 Å². The number of pyridine rings is 1. The normalized spacial score (nSPS) is 10.5. The van der Waals surface area contributed by atoms with Crippen LogP contribution in [0.15, 0.2) is 10.7 Å². The lowest BCUT2D eigenvalue weighted by Gasteiger charge is -2.05. The minimum Gasteiger partial charge on any atom is -0.296 e. The fourth-order valence-corrected chi connectivity index (χ4v) is 1.27. The van der Waals surface area contributed by atoms with E-state index in [1.165, 1.54) is 0 Å². The van der Waals surface area contributed by atoms with Crippen LogP contribution >= 0.6 is 15.9 Å². The molecule has 0 aromatic carbocycles. The summed E-state index contributed by atoms with van der Waals surface area (Å²) in [5.41, 5.74) is -1.17. The van der Waals surface area contributed by atoms with Crippen molar-refractivity contribution in [2.75, 3.05) is 0 Å². The van der Waals surface area contributed by atoms with Crippen LogP contribution in [0.3, 0.4) is 0 Å². The van der Waals surface area contributed by atoms with Crippen molar-refractivity contribution in [2.45, 2.75) is 6.43 Å². The minimum atomic E-state index is -2.93. The van der Waals surface area contributed by atoms with Gasteiger partial charge in [0, 0.05) is 0 Å². The topological polar surface area (TPSA) is 30.0 Å². The summed E-state index contributed by atoms with van der Waals surface area (Å²) >= 11 is 2.62. The first-order chi connectivity index (χ1) is 6.07. The average Bonchev–Trinajstić information content (AvgIpc) is 2.08. The maximum absolute atomic E-state index is 12.7. The molecule has 6 heteroatoms. The lowest BCUT2D eigenvalue weighted by Crippen LogP contribution is -2.00. The van der Waals surface area contributed by atoms with Crippen LogP contribution in [-0.4, -0.2) is 11.3 Å². The number of hydrogen-bond acceptors (Lipinski definition) is 2. The zero-order valence-corrected chi connectivity index (χ0v) is 7.69. The van der Waals surface area contributed by atoms with E-state index in [1.54, 1.807) is 0 Å². The van der Waals surface area contributed by atoms with Crippen LogP contribution < -0.4 is 0 Å². The van der Waals surface area contributed by atoms with E-state index in [2.05, 4.69) is 20.9 Å². The smallest absolute Gasteiger partial charge is 0.267 e. The molecule has 0 fully saturated rings. The molecule has 1 heterocycles. The van der Waals surface area contributed by atoms with Crippen LogP contribution in [-0.2, 0) is 0 Å². The van der Waals surface area contributed by atoms with Crippen molar-refractivity contribution in [3.8, 4) is 0 Å². The fraction of sp³-hybridized carbons (Fsp3) is 0.143. The van der Waals surface area contributed by atoms with E-state index in [4.69, 9.17) is 0 Å². The molecule has 0 saturated carbocycles. The highest BCUT2D eigenvalue weighted by Gasteiger charge is 2.20. The molecule has 13 heavy (non-hydrogen) atoms. The summed E-state index contributed by atoms with van der Waals surface area (Å²) in [4.78, 5) is 13.5. The molecule has 0 spiro atoms. The quantitative estimate of drug-likeness (QED) is 0.759. The number of rotatable bonds is 2. The first-order valence-corrected chi connectivity index (χ1v) is 3.94. The Hall–Kier alpha value is -0.910. The highest BCUT2D eigenvalue weighted by Crippen LogP contribution is 2.30. The first kappa shape index (κ1) is 10.2. The van der Waals surface area contributed by atoms with Gasteiger partial charge in [-0.3, -0.25) is 4.79 Å². The van der Waals surface area contributed by atoms with Crippen molar-refractivity contribution in [1.29, 1.82) is 0 Å². The largest absolute Gasteiger partial charge is 0.296 e. The molecule has 1 rings (SSSR count). The molecule has 0 atom stereocenters. The van der Waals surface area contributed by atoms with Crippen LogP contribution in [0.5, 0.6) is 0 Å². The third-order valence-corrected chi connectivity index (χ3v) is 2.17. The molecule has 0 saturated heterocycles. The second-order valence-electron chi connectivity index (χ2n) is 2.14. The number of halogens is 4. The lowest BCUT2D eigenvalue weighted by atomic mass is 10.2. The van der Waals surface area contributed by atoms with E-state index in [1.807, 2.05) is 0 Å². The average molecular weight is 254 g/mol. The molecule has 2 nitrogen and oxygen atoms in total. The fourth-order valence-electron chi connectivity index (χ4n) is 0.795. The number of carbonyl (C=O) groups excluding carboxylic acids is 1. The van der Waals surface area contributed by atoms with Crippen LogP contribution in [0, 0.1) is 5.82 Å². The molecular formula is C7H3BrF3NO. The molecule has 70 valence electrons. The van der Waals surface area contributed by atoms with E-state index < -0.39 is 28.0 Å². The summed E-state index contributed by atoms with van der Waals surface area (Å²) in [5, 5.41) is 0. The van der Waals surface area contributed by atoms with Gasteiger partial charge in [-0.2, -0.15) is 0 Å². The van der Waals surface area contributed by atoms with E-state index in [-0.39, 0.29) is 6.29 Å². The second-order valence-corrected chi connectivity index (χ2v) is 2.93. The molecular weight excluding hydrogens is 251 g/mol. The second kappa shape index (κ2) is 3.87. The van der Waals surface area contributed by atoms with E-state index >= 15 is 0 Å². The third-order valence-electron chi connectivity index (χ3n) is 1.37. The van der Waals surface area contributed by atoms with Crippen LogP contribution in [0.2, 0.25) is 0 Å². The maximum atomic E-state index is 12.7. The molecule has 0 amide bonds. The van der Waals surface area contributed by atoms with Crippen molar-refractivity contribution in [3.05, 3.63) is 27.7 Å². The summed E-state index contributed by atoms with van der Waals surface area (Å²) in [6.07, 6.45) is -2.07. The Kier molecular flexibility index (Phi) is 3.02. The van der Waals surface area contributed by atoms with Gasteiger partial charge in [-0.1, -0.05) is 0 Å². The minimum absolute atomic E-state index is 0.158. The molecule has 0 aliphatic rings. The summed E-state index contributed by atoms with van der Waals surface area (Å²) in [5.74, 6) is -0.916. The molecule has 0 aliphatic heterocycles. The van der Waals surface area contributed by atoms with Crippen LogP contribution in [0.1, 0.15) is 22.5 Å². The predicted octanol–water partition coefficient (Wildman–Crippen LogP) is 2.73. The van der Waals surface area contributed by atoms with Crippen molar-refractivity contribution in [3.63, 3.8) is 0 Å². The van der Waals surface area contributed by atoms with Gasteiger partial charge in [0.25, 0.3) is 6.43 Å². The SMILES string of the molecule is O=Cc1ncc(F)c(Br)c1C(F)F. The molecule has 0 radical (unpaired) electrons. The molecule has 0 bridgehead atoms. The Balaban J connectivity index is 3.41. The summed E-state index contributed by atoms with van der Waals surface area (Å²) in [7, 11) is 0. The molecule has 1 aromatic heterocycles. The van der Waals surface area contributed by atoms with Gasteiger partial charge in [0.15, 0.2) is 12.1 Å².